The van der Waals surface area contributed by atoms with Crippen LogP contribution in [0.3, 0.4) is 0 Å². The third-order valence-corrected chi connectivity index (χ3v) is 2.79. The summed E-state index contributed by atoms with van der Waals surface area (Å²) in [6.07, 6.45) is 1.86. The summed E-state index contributed by atoms with van der Waals surface area (Å²) in [5, 5.41) is 11.9. The summed E-state index contributed by atoms with van der Waals surface area (Å²) in [5.74, 6) is 0.172. The van der Waals surface area contributed by atoms with E-state index in [0.717, 1.165) is 22.2 Å². The molecule has 84 valence electrons. The van der Waals surface area contributed by atoms with E-state index >= 15 is 0 Å². The first-order valence-corrected chi connectivity index (χ1v) is 5.46. The molecule has 2 aliphatic rings. The molecule has 0 radical (unpaired) electrons. The lowest BCUT2D eigenvalue weighted by Crippen LogP contribution is -1.87. The van der Waals surface area contributed by atoms with E-state index in [2.05, 4.69) is 9.97 Å². The van der Waals surface area contributed by atoms with E-state index in [-0.39, 0.29) is 5.88 Å². The van der Waals surface area contributed by atoms with Crippen LogP contribution < -0.4 is 0 Å². The van der Waals surface area contributed by atoms with Crippen LogP contribution in [0.5, 0.6) is 5.88 Å². The van der Waals surface area contributed by atoms with Crippen LogP contribution in [0.2, 0.25) is 0 Å². The Bertz CT molecular complexity index is 680. The van der Waals surface area contributed by atoms with Gasteiger partial charge >= 0.3 is 0 Å². The fraction of sp³-hybridized carbons (Fsp3) is 0. The third-order valence-electron chi connectivity index (χ3n) is 2.79. The highest BCUT2D eigenvalue weighted by atomic mass is 16.3. The Kier molecular flexibility index (Phi) is 2.22. The lowest BCUT2D eigenvalue weighted by Gasteiger charge is -2.05. The molecule has 2 heterocycles. The Balaban J connectivity index is 2.48. The molecule has 3 heteroatoms. The highest BCUT2D eigenvalue weighted by molar-refractivity contribution is 5.86. The second-order valence-corrected chi connectivity index (χ2v) is 3.89. The predicted molar refractivity (Wildman–Crippen MR) is 68.6 cm³/mol. The van der Waals surface area contributed by atoms with Gasteiger partial charge in [-0.25, -0.2) is 0 Å². The molecule has 3 N–H and O–H groups in total. The Hall–Kier alpha value is -2.42. The van der Waals surface area contributed by atoms with Gasteiger partial charge in [0.05, 0.1) is 11.4 Å². The number of aromatic nitrogens is 2. The minimum Gasteiger partial charge on any atom is -0.494 e. The van der Waals surface area contributed by atoms with Gasteiger partial charge < -0.3 is 15.1 Å². The van der Waals surface area contributed by atoms with E-state index in [1.165, 1.54) is 0 Å². The Morgan fingerprint density at radius 2 is 1.71 bits per heavy atom. The molecule has 1 aromatic rings. The molecule has 17 heavy (non-hydrogen) atoms. The molecule has 0 saturated carbocycles. The summed E-state index contributed by atoms with van der Waals surface area (Å²) >= 11 is 0. The van der Waals surface area contributed by atoms with Crippen LogP contribution in [0.4, 0.5) is 0 Å². The number of hydrogen-bond acceptors (Lipinski definition) is 1. The first-order chi connectivity index (χ1) is 8.34. The van der Waals surface area contributed by atoms with Crippen LogP contribution in [-0.2, 0) is 0 Å². The monoisotopic (exact) mass is 224 g/mol. The summed E-state index contributed by atoms with van der Waals surface area (Å²) in [5.41, 5.74) is 1.80. The highest BCUT2D eigenvalue weighted by Gasteiger charge is 2.01. The number of benzene rings is 1. The first-order valence-electron chi connectivity index (χ1n) is 5.46. The lowest BCUT2D eigenvalue weighted by atomic mass is 10.1. The number of pyridine rings is 1. The molecule has 0 bridgehead atoms. The Labute approximate surface area is 98.4 Å². The summed E-state index contributed by atoms with van der Waals surface area (Å²) in [4.78, 5) is 6.14. The number of hydrogen-bond donors (Lipinski definition) is 3. The number of rotatable bonds is 0. The predicted octanol–water partition coefficient (Wildman–Crippen LogP) is 3.43. The third kappa shape index (κ3) is 1.72. The smallest absolute Gasteiger partial charge is 0.196 e. The topological polar surface area (TPSA) is 51.8 Å². The molecular weight excluding hydrogens is 212 g/mol. The minimum absolute atomic E-state index is 0.172. The second-order valence-electron chi connectivity index (χ2n) is 3.89. The van der Waals surface area contributed by atoms with E-state index in [4.69, 9.17) is 0 Å². The van der Waals surface area contributed by atoms with Crippen molar-refractivity contribution < 1.29 is 5.11 Å². The van der Waals surface area contributed by atoms with Crippen LogP contribution in [0.1, 0.15) is 0 Å². The minimum atomic E-state index is 0.172. The van der Waals surface area contributed by atoms with E-state index in [0.29, 0.717) is 0 Å². The first kappa shape index (κ1) is 9.78. The maximum absolute atomic E-state index is 10.1. The average molecular weight is 224 g/mol. The molecule has 0 saturated heterocycles. The van der Waals surface area contributed by atoms with Crippen molar-refractivity contribution in [2.45, 2.75) is 0 Å². The van der Waals surface area contributed by atoms with Crippen molar-refractivity contribution in [3.63, 3.8) is 0 Å². The van der Waals surface area contributed by atoms with Crippen molar-refractivity contribution in [2.24, 2.45) is 0 Å². The number of nitrogens with one attached hydrogen (secondary N) is 2. The zero-order chi connectivity index (χ0) is 11.7. The van der Waals surface area contributed by atoms with Crippen molar-refractivity contribution in [3.8, 4) is 17.3 Å². The van der Waals surface area contributed by atoms with Gasteiger partial charge in [-0.05, 0) is 29.7 Å². The van der Waals surface area contributed by atoms with Crippen LogP contribution in [-0.4, -0.2) is 15.1 Å². The van der Waals surface area contributed by atoms with Crippen molar-refractivity contribution in [1.29, 1.82) is 0 Å². The Morgan fingerprint density at radius 3 is 2.65 bits per heavy atom. The quantitative estimate of drug-likeness (QED) is 0.538. The molecule has 0 fully saturated rings. The van der Waals surface area contributed by atoms with Crippen LogP contribution in [0, 0.1) is 0 Å². The second kappa shape index (κ2) is 3.87. The van der Waals surface area contributed by atoms with Crippen molar-refractivity contribution in [2.75, 3.05) is 0 Å². The summed E-state index contributed by atoms with van der Waals surface area (Å²) < 4.78 is 0. The van der Waals surface area contributed by atoms with E-state index in [9.17, 15) is 5.11 Å². The maximum atomic E-state index is 10.1. The zero-order valence-corrected chi connectivity index (χ0v) is 9.14. The van der Waals surface area contributed by atoms with E-state index in [1.807, 2.05) is 54.7 Å². The molecular formula is C14H12N2O. The number of aromatic hydroxyl groups is 1. The van der Waals surface area contributed by atoms with Gasteiger partial charge in [-0.15, -0.1) is 0 Å². The van der Waals surface area contributed by atoms with Crippen molar-refractivity contribution in [1.82, 2.24) is 9.97 Å². The van der Waals surface area contributed by atoms with Gasteiger partial charge in [0.1, 0.15) is 0 Å². The highest BCUT2D eigenvalue weighted by Crippen LogP contribution is 2.24. The molecule has 0 aliphatic carbocycles. The largest absolute Gasteiger partial charge is 0.494 e. The van der Waals surface area contributed by atoms with Gasteiger partial charge in [-0.2, -0.15) is 0 Å². The van der Waals surface area contributed by atoms with Gasteiger partial charge in [-0.3, -0.25) is 0 Å². The van der Waals surface area contributed by atoms with Crippen LogP contribution in [0.25, 0.3) is 22.2 Å². The van der Waals surface area contributed by atoms with E-state index in [1.54, 1.807) is 0 Å². The van der Waals surface area contributed by atoms with Crippen LogP contribution >= 0.6 is 0 Å². The molecule has 3 nitrogen and oxygen atoms in total. The van der Waals surface area contributed by atoms with Crippen molar-refractivity contribution in [3.05, 3.63) is 54.7 Å². The standard InChI is InChI=1S/C14H12N2O/c17-14-11-5-2-1-4-10(11)7-8-12-13(16-14)6-3-9-15-12/h1-9,15-17H. The van der Waals surface area contributed by atoms with Gasteiger partial charge in [0, 0.05) is 11.6 Å². The molecule has 1 aromatic carbocycles. The molecule has 2 aliphatic heterocycles. The van der Waals surface area contributed by atoms with Crippen molar-refractivity contribution >= 4 is 10.8 Å². The fourth-order valence-electron chi connectivity index (χ4n) is 1.92. The molecule has 0 spiro atoms. The Morgan fingerprint density at radius 1 is 0.824 bits per heavy atom. The van der Waals surface area contributed by atoms with Gasteiger partial charge in [0.25, 0.3) is 0 Å². The molecule has 0 atom stereocenters. The molecule has 3 rings (SSSR count). The van der Waals surface area contributed by atoms with Gasteiger partial charge in [-0.1, -0.05) is 24.3 Å². The average Bonchev–Trinajstić information content (AvgIpc) is 2.36. The fourth-order valence-corrected chi connectivity index (χ4v) is 1.92. The lowest BCUT2D eigenvalue weighted by molar-refractivity contribution is 0.461. The summed E-state index contributed by atoms with van der Waals surface area (Å²) in [6.45, 7) is 0. The zero-order valence-electron chi connectivity index (χ0n) is 9.14. The number of H-pyrrole nitrogens is 2. The van der Waals surface area contributed by atoms with Gasteiger partial charge in [0.2, 0.25) is 0 Å². The SMILES string of the molecule is Oc1[nH]c2ccc[nH]c-2ccc2ccccc12. The summed E-state index contributed by atoms with van der Waals surface area (Å²) in [6, 6.07) is 15.5. The molecule has 0 aromatic heterocycles. The summed E-state index contributed by atoms with van der Waals surface area (Å²) in [7, 11) is 0. The van der Waals surface area contributed by atoms with E-state index < -0.39 is 0 Å². The number of fused-ring (bicyclic) bond motifs is 2. The van der Waals surface area contributed by atoms with Gasteiger partial charge in [0.15, 0.2) is 5.88 Å². The molecule has 0 amide bonds. The van der Waals surface area contributed by atoms with Crippen LogP contribution in [0.15, 0.2) is 54.7 Å². The number of aromatic amines is 2. The maximum Gasteiger partial charge on any atom is 0.196 e. The molecule has 0 unspecified atom stereocenters. The normalized spacial score (nSPS) is 10.6.